The van der Waals surface area contributed by atoms with Gasteiger partial charge in [-0.1, -0.05) is 24.3 Å². The molecule has 2 aromatic carbocycles. The first-order chi connectivity index (χ1) is 13.9. The van der Waals surface area contributed by atoms with Crippen LogP contribution in [0, 0.1) is 12.7 Å². The second-order valence-electron chi connectivity index (χ2n) is 6.94. The summed E-state index contributed by atoms with van der Waals surface area (Å²) in [5.41, 5.74) is 2.99. The summed E-state index contributed by atoms with van der Waals surface area (Å²) in [6.45, 7) is 3.73. The van der Waals surface area contributed by atoms with E-state index < -0.39 is 15.8 Å². The molecule has 1 aliphatic rings. The van der Waals surface area contributed by atoms with Crippen molar-refractivity contribution in [3.63, 3.8) is 0 Å². The summed E-state index contributed by atoms with van der Waals surface area (Å²) in [4.78, 5) is 2.13. The number of aromatic nitrogens is 2. The Hall–Kier alpha value is -2.84. The second-order valence-corrected chi connectivity index (χ2v) is 8.87. The average Bonchev–Trinajstić information content (AvgIpc) is 2.75. The minimum atomic E-state index is -3.63. The second kappa shape index (κ2) is 7.88. The van der Waals surface area contributed by atoms with Crippen molar-refractivity contribution < 1.29 is 12.8 Å². The predicted octanol–water partition coefficient (Wildman–Crippen LogP) is 3.10. The van der Waals surface area contributed by atoms with Gasteiger partial charge < -0.3 is 4.90 Å². The molecule has 150 valence electrons. The summed E-state index contributed by atoms with van der Waals surface area (Å²) >= 11 is 0. The third kappa shape index (κ3) is 3.99. The standard InChI is InChI=1S/C21H21FN4O2S/c1-16-4-2-3-5-19(16)20-10-11-21(24-23-20)25-12-14-26(15-13-25)29(27,28)18-8-6-17(22)7-9-18/h2-11H,12-15H2,1H3. The van der Waals surface area contributed by atoms with Crippen LogP contribution in [0.1, 0.15) is 5.56 Å². The highest BCUT2D eigenvalue weighted by molar-refractivity contribution is 7.89. The topological polar surface area (TPSA) is 66.4 Å². The van der Waals surface area contributed by atoms with E-state index in [1.807, 2.05) is 48.2 Å². The maximum absolute atomic E-state index is 13.1. The number of hydrogen-bond donors (Lipinski definition) is 0. The number of benzene rings is 2. The maximum Gasteiger partial charge on any atom is 0.243 e. The first kappa shape index (κ1) is 19.5. The third-order valence-corrected chi connectivity index (χ3v) is 7.00. The molecule has 8 heteroatoms. The van der Waals surface area contributed by atoms with Crippen LogP contribution < -0.4 is 4.90 Å². The lowest BCUT2D eigenvalue weighted by atomic mass is 10.1. The van der Waals surface area contributed by atoms with Crippen molar-refractivity contribution >= 4 is 15.8 Å². The van der Waals surface area contributed by atoms with E-state index >= 15 is 0 Å². The van der Waals surface area contributed by atoms with Crippen molar-refractivity contribution in [3.05, 3.63) is 72.0 Å². The van der Waals surface area contributed by atoms with Crippen molar-refractivity contribution in [3.8, 4) is 11.3 Å². The first-order valence-corrected chi connectivity index (χ1v) is 10.8. The van der Waals surface area contributed by atoms with Crippen molar-refractivity contribution in [1.82, 2.24) is 14.5 Å². The number of sulfonamides is 1. The molecular formula is C21H21FN4O2S. The SMILES string of the molecule is Cc1ccccc1-c1ccc(N2CCN(S(=O)(=O)c3ccc(F)cc3)CC2)nn1. The summed E-state index contributed by atoms with van der Waals surface area (Å²) in [6, 6.07) is 16.8. The van der Waals surface area contributed by atoms with E-state index in [1.165, 1.54) is 16.4 Å². The fourth-order valence-electron chi connectivity index (χ4n) is 3.41. The fraction of sp³-hybridized carbons (Fsp3) is 0.238. The Labute approximate surface area is 169 Å². The number of anilines is 1. The summed E-state index contributed by atoms with van der Waals surface area (Å²) in [5, 5.41) is 8.69. The molecule has 29 heavy (non-hydrogen) atoms. The molecule has 0 N–H and O–H groups in total. The van der Waals surface area contributed by atoms with Gasteiger partial charge in [0.2, 0.25) is 10.0 Å². The van der Waals surface area contributed by atoms with Gasteiger partial charge in [0.25, 0.3) is 0 Å². The quantitative estimate of drug-likeness (QED) is 0.659. The number of aryl methyl sites for hydroxylation is 1. The Kier molecular flexibility index (Phi) is 5.29. The lowest BCUT2D eigenvalue weighted by Crippen LogP contribution is -2.49. The molecule has 3 aromatic rings. The molecule has 1 aliphatic heterocycles. The normalized spacial score (nSPS) is 15.4. The van der Waals surface area contributed by atoms with Crippen molar-refractivity contribution in [2.24, 2.45) is 0 Å². The van der Waals surface area contributed by atoms with Gasteiger partial charge in [0.1, 0.15) is 5.82 Å². The van der Waals surface area contributed by atoms with Crippen molar-refractivity contribution in [2.45, 2.75) is 11.8 Å². The molecule has 4 rings (SSSR count). The van der Waals surface area contributed by atoms with E-state index in [9.17, 15) is 12.8 Å². The van der Waals surface area contributed by atoms with E-state index in [2.05, 4.69) is 10.2 Å². The smallest absolute Gasteiger partial charge is 0.243 e. The number of halogens is 1. The van der Waals surface area contributed by atoms with Crippen LogP contribution in [0.4, 0.5) is 10.2 Å². The van der Waals surface area contributed by atoms with E-state index in [4.69, 9.17) is 0 Å². The largest absolute Gasteiger partial charge is 0.352 e. The molecule has 1 saturated heterocycles. The fourth-order valence-corrected chi connectivity index (χ4v) is 4.83. The van der Waals surface area contributed by atoms with Crippen LogP contribution in [0.15, 0.2) is 65.6 Å². The molecule has 2 heterocycles. The van der Waals surface area contributed by atoms with Crippen LogP contribution in [-0.2, 0) is 10.0 Å². The zero-order valence-corrected chi connectivity index (χ0v) is 16.8. The highest BCUT2D eigenvalue weighted by atomic mass is 32.2. The van der Waals surface area contributed by atoms with Gasteiger partial charge >= 0.3 is 0 Å². The van der Waals surface area contributed by atoms with Crippen LogP contribution in [0.25, 0.3) is 11.3 Å². The van der Waals surface area contributed by atoms with Crippen LogP contribution in [0.3, 0.4) is 0 Å². The minimum absolute atomic E-state index is 0.106. The highest BCUT2D eigenvalue weighted by Crippen LogP contribution is 2.23. The summed E-state index contributed by atoms with van der Waals surface area (Å²) in [7, 11) is -3.63. The van der Waals surface area contributed by atoms with E-state index in [0.717, 1.165) is 34.8 Å². The van der Waals surface area contributed by atoms with Crippen molar-refractivity contribution in [2.75, 3.05) is 31.1 Å². The number of nitrogens with zero attached hydrogens (tertiary/aromatic N) is 4. The molecule has 0 radical (unpaired) electrons. The third-order valence-electron chi connectivity index (χ3n) is 5.09. The first-order valence-electron chi connectivity index (χ1n) is 9.35. The van der Waals surface area contributed by atoms with E-state index in [0.29, 0.717) is 26.2 Å². The van der Waals surface area contributed by atoms with Gasteiger partial charge in [-0.25, -0.2) is 12.8 Å². The lowest BCUT2D eigenvalue weighted by Gasteiger charge is -2.34. The van der Waals surface area contributed by atoms with E-state index in [1.54, 1.807) is 0 Å². The van der Waals surface area contributed by atoms with Gasteiger partial charge in [-0.3, -0.25) is 0 Å². The lowest BCUT2D eigenvalue weighted by molar-refractivity contribution is 0.383. The molecule has 0 aliphatic carbocycles. The minimum Gasteiger partial charge on any atom is -0.352 e. The molecule has 0 saturated carbocycles. The van der Waals surface area contributed by atoms with Crippen molar-refractivity contribution in [1.29, 1.82) is 0 Å². The van der Waals surface area contributed by atoms with Crippen LogP contribution >= 0.6 is 0 Å². The van der Waals surface area contributed by atoms with Crippen LogP contribution in [-0.4, -0.2) is 49.1 Å². The molecule has 0 bridgehead atoms. The molecule has 0 unspecified atom stereocenters. The Morgan fingerprint density at radius 2 is 1.55 bits per heavy atom. The van der Waals surface area contributed by atoms with Crippen LogP contribution in [0.5, 0.6) is 0 Å². The van der Waals surface area contributed by atoms with Gasteiger partial charge in [-0.2, -0.15) is 4.31 Å². The highest BCUT2D eigenvalue weighted by Gasteiger charge is 2.29. The maximum atomic E-state index is 13.1. The Morgan fingerprint density at radius 1 is 0.862 bits per heavy atom. The summed E-state index contributed by atoms with van der Waals surface area (Å²) in [6.07, 6.45) is 0. The Balaban J connectivity index is 1.44. The molecule has 0 spiro atoms. The molecule has 0 atom stereocenters. The average molecular weight is 412 g/mol. The summed E-state index contributed by atoms with van der Waals surface area (Å²) < 4.78 is 40.0. The van der Waals surface area contributed by atoms with Gasteiger partial charge in [0, 0.05) is 31.7 Å². The van der Waals surface area contributed by atoms with Crippen LogP contribution in [0.2, 0.25) is 0 Å². The molecule has 0 amide bonds. The zero-order valence-electron chi connectivity index (χ0n) is 16.0. The molecule has 1 aromatic heterocycles. The van der Waals surface area contributed by atoms with E-state index in [-0.39, 0.29) is 4.90 Å². The number of hydrogen-bond acceptors (Lipinski definition) is 5. The monoisotopic (exact) mass is 412 g/mol. The molecular weight excluding hydrogens is 391 g/mol. The predicted molar refractivity (Wildman–Crippen MR) is 110 cm³/mol. The summed E-state index contributed by atoms with van der Waals surface area (Å²) in [5.74, 6) is 0.266. The Bertz CT molecular complexity index is 1090. The molecule has 6 nitrogen and oxygen atoms in total. The van der Waals surface area contributed by atoms with Gasteiger partial charge in [0.05, 0.1) is 10.6 Å². The van der Waals surface area contributed by atoms with Gasteiger partial charge in [-0.05, 0) is 48.9 Å². The zero-order chi connectivity index (χ0) is 20.4. The van der Waals surface area contributed by atoms with Gasteiger partial charge in [-0.15, -0.1) is 10.2 Å². The van der Waals surface area contributed by atoms with Gasteiger partial charge in [0.15, 0.2) is 5.82 Å². The Morgan fingerprint density at radius 3 is 2.17 bits per heavy atom. The number of rotatable bonds is 4. The number of piperazine rings is 1. The molecule has 1 fully saturated rings.